The van der Waals surface area contributed by atoms with Gasteiger partial charge >= 0.3 is 6.01 Å². The first-order chi connectivity index (χ1) is 14.3. The van der Waals surface area contributed by atoms with E-state index in [9.17, 15) is 4.79 Å². The highest BCUT2D eigenvalue weighted by molar-refractivity contribution is 5.92. The molecule has 1 N–H and O–H groups in total. The quantitative estimate of drug-likeness (QED) is 0.647. The summed E-state index contributed by atoms with van der Waals surface area (Å²) in [5.41, 5.74) is 1.85. The summed E-state index contributed by atoms with van der Waals surface area (Å²) in [6.07, 6.45) is 6.78. The first-order valence-electron chi connectivity index (χ1n) is 9.96. The van der Waals surface area contributed by atoms with Crippen LogP contribution in [0.5, 0.6) is 0 Å². The van der Waals surface area contributed by atoms with Crippen molar-refractivity contribution >= 4 is 18.0 Å². The Labute approximate surface area is 170 Å². The smallest absolute Gasteiger partial charge is 0.318 e. The molecule has 3 aromatic rings. The SMILES string of the molecule is O=C(C=Cc1ccccc1)NC(c1ccccc1)c1nnc(N2CCCCC2)o1. The van der Waals surface area contributed by atoms with E-state index in [2.05, 4.69) is 20.4 Å². The summed E-state index contributed by atoms with van der Waals surface area (Å²) in [5, 5.41) is 11.5. The Kier molecular flexibility index (Phi) is 6.00. The van der Waals surface area contributed by atoms with Crippen LogP contribution >= 0.6 is 0 Å². The Bertz CT molecular complexity index is 947. The molecule has 0 saturated carbocycles. The molecule has 0 radical (unpaired) electrons. The van der Waals surface area contributed by atoms with Crippen molar-refractivity contribution in [1.29, 1.82) is 0 Å². The lowest BCUT2D eigenvalue weighted by atomic mass is 10.1. The molecular weight excluding hydrogens is 364 g/mol. The highest BCUT2D eigenvalue weighted by Gasteiger charge is 2.24. The average Bonchev–Trinajstić information content (AvgIpc) is 3.28. The number of amides is 1. The molecule has 1 aliphatic heterocycles. The molecule has 1 saturated heterocycles. The van der Waals surface area contributed by atoms with Crippen molar-refractivity contribution in [2.75, 3.05) is 18.0 Å². The van der Waals surface area contributed by atoms with Gasteiger partial charge in [-0.05, 0) is 36.5 Å². The highest BCUT2D eigenvalue weighted by atomic mass is 16.4. The molecule has 148 valence electrons. The van der Waals surface area contributed by atoms with E-state index in [0.717, 1.165) is 37.1 Å². The Balaban J connectivity index is 1.53. The predicted molar refractivity (Wildman–Crippen MR) is 112 cm³/mol. The molecule has 2 heterocycles. The zero-order valence-corrected chi connectivity index (χ0v) is 16.2. The van der Waals surface area contributed by atoms with E-state index < -0.39 is 6.04 Å². The molecule has 0 spiro atoms. The first kappa shape index (κ1) is 18.9. The second kappa shape index (κ2) is 9.19. The molecule has 1 fully saturated rings. The molecule has 1 atom stereocenters. The van der Waals surface area contributed by atoms with E-state index >= 15 is 0 Å². The minimum Gasteiger partial charge on any atom is -0.405 e. The van der Waals surface area contributed by atoms with Crippen LogP contribution in [0.25, 0.3) is 6.08 Å². The van der Waals surface area contributed by atoms with E-state index in [0.29, 0.717) is 11.9 Å². The van der Waals surface area contributed by atoms with Crippen LogP contribution in [-0.2, 0) is 4.79 Å². The number of piperidine rings is 1. The minimum atomic E-state index is -0.504. The molecule has 1 amide bonds. The molecule has 1 aromatic heterocycles. The van der Waals surface area contributed by atoms with Gasteiger partial charge in [-0.15, -0.1) is 5.10 Å². The number of nitrogens with zero attached hydrogens (tertiary/aromatic N) is 3. The van der Waals surface area contributed by atoms with Crippen LogP contribution < -0.4 is 10.2 Å². The van der Waals surface area contributed by atoms with Gasteiger partial charge in [-0.25, -0.2) is 0 Å². The van der Waals surface area contributed by atoms with Crippen LogP contribution in [0.1, 0.15) is 42.3 Å². The summed E-state index contributed by atoms with van der Waals surface area (Å²) in [4.78, 5) is 14.7. The number of carbonyl (C=O) groups excluding carboxylic acids is 1. The largest absolute Gasteiger partial charge is 0.405 e. The zero-order valence-electron chi connectivity index (χ0n) is 16.2. The van der Waals surface area contributed by atoms with Gasteiger partial charge in [0.1, 0.15) is 6.04 Å². The monoisotopic (exact) mass is 388 g/mol. The lowest BCUT2D eigenvalue weighted by Crippen LogP contribution is -2.29. The number of aromatic nitrogens is 2. The van der Waals surface area contributed by atoms with E-state index in [-0.39, 0.29) is 5.91 Å². The Morgan fingerprint density at radius 2 is 1.66 bits per heavy atom. The van der Waals surface area contributed by atoms with Crippen LogP contribution in [-0.4, -0.2) is 29.2 Å². The van der Waals surface area contributed by atoms with Crippen LogP contribution in [0.2, 0.25) is 0 Å². The molecular formula is C23H24N4O2. The van der Waals surface area contributed by atoms with Crippen LogP contribution in [0, 0.1) is 0 Å². The fourth-order valence-electron chi connectivity index (χ4n) is 3.42. The average molecular weight is 388 g/mol. The zero-order chi connectivity index (χ0) is 19.9. The van der Waals surface area contributed by atoms with E-state index in [4.69, 9.17) is 4.42 Å². The number of hydrogen-bond donors (Lipinski definition) is 1. The molecule has 0 bridgehead atoms. The van der Waals surface area contributed by atoms with Crippen molar-refractivity contribution in [3.05, 3.63) is 83.8 Å². The maximum absolute atomic E-state index is 12.6. The van der Waals surface area contributed by atoms with Crippen molar-refractivity contribution in [2.24, 2.45) is 0 Å². The van der Waals surface area contributed by atoms with E-state index in [1.807, 2.05) is 60.7 Å². The van der Waals surface area contributed by atoms with Crippen molar-refractivity contribution in [2.45, 2.75) is 25.3 Å². The summed E-state index contributed by atoms with van der Waals surface area (Å²) in [7, 11) is 0. The summed E-state index contributed by atoms with van der Waals surface area (Å²) in [6, 6.07) is 19.4. The summed E-state index contributed by atoms with van der Waals surface area (Å²) in [5.74, 6) is 0.165. The third-order valence-corrected chi connectivity index (χ3v) is 4.95. The van der Waals surface area contributed by atoms with Gasteiger partial charge in [-0.2, -0.15) is 0 Å². The number of hydrogen-bond acceptors (Lipinski definition) is 5. The number of anilines is 1. The van der Waals surface area contributed by atoms with Gasteiger partial charge in [0, 0.05) is 19.2 Å². The molecule has 1 aliphatic rings. The third-order valence-electron chi connectivity index (χ3n) is 4.95. The molecule has 2 aromatic carbocycles. The first-order valence-corrected chi connectivity index (χ1v) is 9.96. The Hall–Kier alpha value is -3.41. The van der Waals surface area contributed by atoms with E-state index in [1.165, 1.54) is 12.5 Å². The fraction of sp³-hybridized carbons (Fsp3) is 0.261. The number of carbonyl (C=O) groups is 1. The van der Waals surface area contributed by atoms with Crippen LogP contribution in [0.3, 0.4) is 0 Å². The Morgan fingerprint density at radius 1 is 0.966 bits per heavy atom. The second-order valence-corrected chi connectivity index (χ2v) is 7.07. The van der Waals surface area contributed by atoms with Gasteiger partial charge in [0.25, 0.3) is 0 Å². The number of rotatable bonds is 6. The third kappa shape index (κ3) is 4.90. The van der Waals surface area contributed by atoms with Crippen molar-refractivity contribution in [3.63, 3.8) is 0 Å². The van der Waals surface area contributed by atoms with Crippen molar-refractivity contribution < 1.29 is 9.21 Å². The highest BCUT2D eigenvalue weighted by Crippen LogP contribution is 2.25. The standard InChI is InChI=1S/C23H24N4O2/c28-20(15-14-18-10-4-1-5-11-18)24-21(19-12-6-2-7-13-19)22-25-26-23(29-22)27-16-8-3-9-17-27/h1-2,4-7,10-15,21H,3,8-9,16-17H2,(H,24,28). The second-order valence-electron chi connectivity index (χ2n) is 7.07. The lowest BCUT2D eigenvalue weighted by Gasteiger charge is -2.24. The topological polar surface area (TPSA) is 71.3 Å². The fourth-order valence-corrected chi connectivity index (χ4v) is 3.42. The van der Waals surface area contributed by atoms with Crippen molar-refractivity contribution in [1.82, 2.24) is 15.5 Å². The van der Waals surface area contributed by atoms with Crippen LogP contribution in [0.4, 0.5) is 6.01 Å². The van der Waals surface area contributed by atoms with Gasteiger partial charge in [-0.1, -0.05) is 65.8 Å². The summed E-state index contributed by atoms with van der Waals surface area (Å²) < 4.78 is 5.97. The summed E-state index contributed by atoms with van der Waals surface area (Å²) in [6.45, 7) is 1.84. The predicted octanol–water partition coefficient (Wildman–Crippen LogP) is 3.98. The van der Waals surface area contributed by atoms with Gasteiger partial charge in [0.2, 0.25) is 11.8 Å². The number of benzene rings is 2. The van der Waals surface area contributed by atoms with Gasteiger partial charge < -0.3 is 14.6 Å². The number of nitrogens with one attached hydrogen (secondary N) is 1. The normalized spacial score (nSPS) is 15.4. The van der Waals surface area contributed by atoms with E-state index in [1.54, 1.807) is 6.08 Å². The lowest BCUT2D eigenvalue weighted by molar-refractivity contribution is -0.117. The maximum Gasteiger partial charge on any atom is 0.318 e. The molecule has 6 heteroatoms. The molecule has 0 aliphatic carbocycles. The van der Waals surface area contributed by atoms with Gasteiger partial charge in [0.15, 0.2) is 0 Å². The summed E-state index contributed by atoms with van der Waals surface area (Å²) >= 11 is 0. The van der Waals surface area contributed by atoms with Gasteiger partial charge in [0.05, 0.1) is 0 Å². The minimum absolute atomic E-state index is 0.222. The van der Waals surface area contributed by atoms with Crippen LogP contribution in [0.15, 0.2) is 71.2 Å². The maximum atomic E-state index is 12.6. The van der Waals surface area contributed by atoms with Gasteiger partial charge in [-0.3, -0.25) is 4.79 Å². The molecule has 4 rings (SSSR count). The van der Waals surface area contributed by atoms with Crippen molar-refractivity contribution in [3.8, 4) is 0 Å². The molecule has 29 heavy (non-hydrogen) atoms. The molecule has 1 unspecified atom stereocenters. The Morgan fingerprint density at radius 3 is 2.38 bits per heavy atom. The molecule has 6 nitrogen and oxygen atoms in total.